The van der Waals surface area contributed by atoms with Gasteiger partial charge in [0.2, 0.25) is 5.82 Å². The minimum atomic E-state index is 0.633. The van der Waals surface area contributed by atoms with E-state index in [1.54, 1.807) is 0 Å². The lowest BCUT2D eigenvalue weighted by atomic mass is 10.2. The van der Waals surface area contributed by atoms with Crippen molar-refractivity contribution in [2.75, 3.05) is 0 Å². The fraction of sp³-hybridized carbons (Fsp3) is 0. The number of nitrogens with zero attached hydrogens (tertiary/aromatic N) is 3. The van der Waals surface area contributed by atoms with Crippen molar-refractivity contribution in [2.24, 2.45) is 0 Å². The zero-order valence-corrected chi connectivity index (χ0v) is 8.19. The Labute approximate surface area is 82.5 Å². The summed E-state index contributed by atoms with van der Waals surface area (Å²) in [6.07, 6.45) is 0. The van der Waals surface area contributed by atoms with Crippen molar-refractivity contribution in [1.29, 1.82) is 0 Å². The van der Waals surface area contributed by atoms with Crippen LogP contribution in [0.5, 0.6) is 0 Å². The fourth-order valence-corrected chi connectivity index (χ4v) is 1.45. The van der Waals surface area contributed by atoms with Gasteiger partial charge in [-0.05, 0) is 39.9 Å². The SMILES string of the molecule is Ic1cccc(-c2nn[nH]n2)c1. The van der Waals surface area contributed by atoms with Gasteiger partial charge in [-0.3, -0.25) is 0 Å². The zero-order chi connectivity index (χ0) is 8.39. The second kappa shape index (κ2) is 3.18. The van der Waals surface area contributed by atoms with Gasteiger partial charge in [-0.25, -0.2) is 0 Å². The third-order valence-electron chi connectivity index (χ3n) is 1.43. The molecule has 0 bridgehead atoms. The Hall–Kier alpha value is -0.980. The Morgan fingerprint density at radius 3 is 2.92 bits per heavy atom. The van der Waals surface area contributed by atoms with Gasteiger partial charge >= 0.3 is 0 Å². The monoisotopic (exact) mass is 272 g/mol. The van der Waals surface area contributed by atoms with Gasteiger partial charge in [-0.15, -0.1) is 10.2 Å². The molecule has 5 heteroatoms. The van der Waals surface area contributed by atoms with Crippen molar-refractivity contribution in [1.82, 2.24) is 20.6 Å². The van der Waals surface area contributed by atoms with E-state index in [-0.39, 0.29) is 0 Å². The third-order valence-corrected chi connectivity index (χ3v) is 2.10. The van der Waals surface area contributed by atoms with Crippen molar-refractivity contribution in [3.63, 3.8) is 0 Å². The number of tetrazole rings is 1. The van der Waals surface area contributed by atoms with Crippen molar-refractivity contribution >= 4 is 22.6 Å². The lowest BCUT2D eigenvalue weighted by Crippen LogP contribution is -1.81. The summed E-state index contributed by atoms with van der Waals surface area (Å²) in [5, 5.41) is 13.7. The topological polar surface area (TPSA) is 54.5 Å². The van der Waals surface area contributed by atoms with E-state index in [0.717, 1.165) is 9.13 Å². The lowest BCUT2D eigenvalue weighted by molar-refractivity contribution is 0.881. The molecule has 1 N–H and O–H groups in total. The number of aromatic nitrogens is 4. The number of benzene rings is 1. The van der Waals surface area contributed by atoms with Crippen LogP contribution in [0.4, 0.5) is 0 Å². The molecule has 0 saturated carbocycles. The molecule has 1 aromatic heterocycles. The molecule has 4 nitrogen and oxygen atoms in total. The van der Waals surface area contributed by atoms with E-state index >= 15 is 0 Å². The molecule has 0 aliphatic heterocycles. The minimum Gasteiger partial charge on any atom is -0.177 e. The second-order valence-electron chi connectivity index (χ2n) is 2.25. The number of H-pyrrole nitrogens is 1. The summed E-state index contributed by atoms with van der Waals surface area (Å²) in [4.78, 5) is 0. The van der Waals surface area contributed by atoms with Gasteiger partial charge in [0.25, 0.3) is 0 Å². The van der Waals surface area contributed by atoms with Gasteiger partial charge in [0.05, 0.1) is 0 Å². The molecule has 0 fully saturated rings. The molecule has 1 aromatic carbocycles. The average molecular weight is 272 g/mol. The van der Waals surface area contributed by atoms with Crippen LogP contribution in [0.15, 0.2) is 24.3 Å². The van der Waals surface area contributed by atoms with Gasteiger partial charge in [0.1, 0.15) is 0 Å². The molecule has 0 aliphatic rings. The van der Waals surface area contributed by atoms with Crippen molar-refractivity contribution in [3.8, 4) is 11.4 Å². The maximum atomic E-state index is 3.88. The highest BCUT2D eigenvalue weighted by atomic mass is 127. The molecule has 12 heavy (non-hydrogen) atoms. The van der Waals surface area contributed by atoms with Crippen LogP contribution >= 0.6 is 22.6 Å². The first-order chi connectivity index (χ1) is 5.86. The summed E-state index contributed by atoms with van der Waals surface area (Å²) < 4.78 is 1.16. The average Bonchev–Trinajstić information content (AvgIpc) is 2.56. The number of rotatable bonds is 1. The first-order valence-corrected chi connectivity index (χ1v) is 4.43. The van der Waals surface area contributed by atoms with Crippen molar-refractivity contribution in [3.05, 3.63) is 27.8 Å². The van der Waals surface area contributed by atoms with E-state index in [2.05, 4.69) is 43.2 Å². The van der Waals surface area contributed by atoms with Crippen LogP contribution in [0.2, 0.25) is 0 Å². The molecule has 0 atom stereocenters. The van der Waals surface area contributed by atoms with Gasteiger partial charge in [0.15, 0.2) is 0 Å². The predicted molar refractivity (Wildman–Crippen MR) is 52.3 cm³/mol. The molecule has 1 heterocycles. The number of halogens is 1. The quantitative estimate of drug-likeness (QED) is 0.800. The molecule has 0 unspecified atom stereocenters. The second-order valence-corrected chi connectivity index (χ2v) is 3.49. The predicted octanol–water partition coefficient (Wildman–Crippen LogP) is 1.47. The maximum Gasteiger partial charge on any atom is 0.204 e. The molecule has 2 rings (SSSR count). The fourth-order valence-electron chi connectivity index (χ4n) is 0.912. The minimum absolute atomic E-state index is 0.633. The van der Waals surface area contributed by atoms with Crippen LogP contribution in [0.1, 0.15) is 0 Å². The highest BCUT2D eigenvalue weighted by Crippen LogP contribution is 2.15. The highest BCUT2D eigenvalue weighted by molar-refractivity contribution is 14.1. The van der Waals surface area contributed by atoms with Crippen LogP contribution in [0, 0.1) is 3.57 Å². The number of hydrogen-bond acceptors (Lipinski definition) is 3. The van der Waals surface area contributed by atoms with E-state index in [1.807, 2.05) is 24.3 Å². The van der Waals surface area contributed by atoms with Crippen LogP contribution in [-0.4, -0.2) is 20.6 Å². The van der Waals surface area contributed by atoms with Crippen molar-refractivity contribution < 1.29 is 0 Å². The molecular weight excluding hydrogens is 267 g/mol. The van der Waals surface area contributed by atoms with Gasteiger partial charge in [-0.2, -0.15) is 5.21 Å². The van der Waals surface area contributed by atoms with Crippen LogP contribution < -0.4 is 0 Å². The Morgan fingerprint density at radius 2 is 2.25 bits per heavy atom. The van der Waals surface area contributed by atoms with Gasteiger partial charge in [-0.1, -0.05) is 12.1 Å². The molecule has 2 aromatic rings. The normalized spacial score (nSPS) is 10.1. The summed E-state index contributed by atoms with van der Waals surface area (Å²) in [6, 6.07) is 7.94. The van der Waals surface area contributed by atoms with Gasteiger partial charge in [0, 0.05) is 9.13 Å². The maximum absolute atomic E-state index is 3.88. The molecule has 0 aliphatic carbocycles. The molecule has 60 valence electrons. The van der Waals surface area contributed by atoms with E-state index in [1.165, 1.54) is 0 Å². The van der Waals surface area contributed by atoms with E-state index in [4.69, 9.17) is 0 Å². The summed E-state index contributed by atoms with van der Waals surface area (Å²) in [6.45, 7) is 0. The van der Waals surface area contributed by atoms with Crippen molar-refractivity contribution in [2.45, 2.75) is 0 Å². The Kier molecular flexibility index (Phi) is 2.03. The smallest absolute Gasteiger partial charge is 0.177 e. The van der Waals surface area contributed by atoms with Crippen LogP contribution in [0.3, 0.4) is 0 Å². The number of hydrogen-bond donors (Lipinski definition) is 1. The van der Waals surface area contributed by atoms with E-state index < -0.39 is 0 Å². The zero-order valence-electron chi connectivity index (χ0n) is 6.03. The summed E-state index contributed by atoms with van der Waals surface area (Å²) >= 11 is 2.24. The summed E-state index contributed by atoms with van der Waals surface area (Å²) in [5.41, 5.74) is 0.982. The summed E-state index contributed by atoms with van der Waals surface area (Å²) in [7, 11) is 0. The highest BCUT2D eigenvalue weighted by Gasteiger charge is 2.01. The third kappa shape index (κ3) is 1.45. The summed E-state index contributed by atoms with van der Waals surface area (Å²) in [5.74, 6) is 0.633. The first kappa shape index (κ1) is 7.66. The van der Waals surface area contributed by atoms with Gasteiger partial charge < -0.3 is 0 Å². The van der Waals surface area contributed by atoms with Crippen LogP contribution in [0.25, 0.3) is 11.4 Å². The van der Waals surface area contributed by atoms with E-state index in [9.17, 15) is 0 Å². The van der Waals surface area contributed by atoms with Crippen LogP contribution in [-0.2, 0) is 0 Å². The molecule has 0 spiro atoms. The Morgan fingerprint density at radius 1 is 1.33 bits per heavy atom. The molecule has 0 amide bonds. The Bertz CT molecular complexity index is 371. The molecular formula is C7H5IN4. The number of aromatic amines is 1. The molecule has 0 saturated heterocycles. The van der Waals surface area contributed by atoms with E-state index in [0.29, 0.717) is 5.82 Å². The number of nitrogens with one attached hydrogen (secondary N) is 1. The standard InChI is InChI=1S/C7H5IN4/c8-6-3-1-2-5(4-6)7-9-11-12-10-7/h1-4H,(H,9,10,11,12). The Balaban J connectivity index is 2.48. The molecule has 0 radical (unpaired) electrons. The lowest BCUT2D eigenvalue weighted by Gasteiger charge is -1.93. The first-order valence-electron chi connectivity index (χ1n) is 3.35. The largest absolute Gasteiger partial charge is 0.204 e.